The second kappa shape index (κ2) is 9.20. The summed E-state index contributed by atoms with van der Waals surface area (Å²) in [5.74, 6) is 0. The third-order valence-corrected chi connectivity index (χ3v) is 5.07. The quantitative estimate of drug-likeness (QED) is 0.414. The predicted molar refractivity (Wildman–Crippen MR) is 120 cm³/mol. The van der Waals surface area contributed by atoms with Crippen molar-refractivity contribution in [2.45, 2.75) is 33.1 Å². The van der Waals surface area contributed by atoms with Gasteiger partial charge in [-0.1, -0.05) is 30.7 Å². The fraction of sp³-hybridized carbons (Fsp3) is 0.333. The highest BCUT2D eigenvalue weighted by atomic mass is 35.5. The van der Waals surface area contributed by atoms with E-state index in [1.54, 1.807) is 6.21 Å². The van der Waals surface area contributed by atoms with Crippen molar-refractivity contribution in [1.29, 1.82) is 0 Å². The highest BCUT2D eigenvalue weighted by molar-refractivity contribution is 7.80. The first kappa shape index (κ1) is 19.6. The summed E-state index contributed by atoms with van der Waals surface area (Å²) in [6.07, 6.45) is 5.29. The molecule has 6 heteroatoms. The summed E-state index contributed by atoms with van der Waals surface area (Å²) in [5.41, 5.74) is 8.54. The lowest BCUT2D eigenvalue weighted by Crippen LogP contribution is -2.30. The Kier molecular flexibility index (Phi) is 6.69. The third kappa shape index (κ3) is 5.21. The van der Waals surface area contributed by atoms with Crippen molar-refractivity contribution >= 4 is 46.5 Å². The minimum Gasteiger partial charge on any atom is -0.371 e. The van der Waals surface area contributed by atoms with Crippen LogP contribution in [-0.4, -0.2) is 24.4 Å². The molecule has 4 nitrogen and oxygen atoms in total. The van der Waals surface area contributed by atoms with Gasteiger partial charge in [0.1, 0.15) is 0 Å². The fourth-order valence-electron chi connectivity index (χ4n) is 3.31. The standard InChI is InChI=1S/C21H25ClN4S/c1-3-10-26-11-4-5-17-13-16(7-9-20(17)26)14-23-25-21(27)24-19-8-6-15(2)12-18(19)22/h6-9,12-14H,3-5,10-11H2,1-2H3,(H2,24,25,27)/b23-14+. The van der Waals surface area contributed by atoms with Gasteiger partial charge >= 0.3 is 0 Å². The molecule has 0 unspecified atom stereocenters. The van der Waals surface area contributed by atoms with Crippen LogP contribution in [0.5, 0.6) is 0 Å². The second-order valence-corrected chi connectivity index (χ2v) is 7.60. The lowest BCUT2D eigenvalue weighted by molar-refractivity contribution is 0.681. The second-order valence-electron chi connectivity index (χ2n) is 6.79. The van der Waals surface area contributed by atoms with Crippen molar-refractivity contribution in [3.63, 3.8) is 0 Å². The molecule has 2 N–H and O–H groups in total. The molecule has 1 aliphatic heterocycles. The van der Waals surface area contributed by atoms with Gasteiger partial charge in [0.25, 0.3) is 0 Å². The topological polar surface area (TPSA) is 39.7 Å². The molecule has 2 aromatic rings. The number of nitrogens with zero attached hydrogens (tertiary/aromatic N) is 2. The summed E-state index contributed by atoms with van der Waals surface area (Å²) in [6, 6.07) is 12.3. The molecule has 0 radical (unpaired) electrons. The molecule has 0 saturated heterocycles. The van der Waals surface area contributed by atoms with E-state index in [2.05, 4.69) is 45.9 Å². The molecule has 0 aliphatic carbocycles. The largest absolute Gasteiger partial charge is 0.371 e. The highest BCUT2D eigenvalue weighted by Gasteiger charge is 2.15. The van der Waals surface area contributed by atoms with Gasteiger partial charge in [-0.25, -0.2) is 0 Å². The molecule has 0 fully saturated rings. The van der Waals surface area contributed by atoms with Crippen LogP contribution < -0.4 is 15.6 Å². The molecule has 0 saturated carbocycles. The summed E-state index contributed by atoms with van der Waals surface area (Å²) in [7, 11) is 0. The maximum atomic E-state index is 6.21. The van der Waals surface area contributed by atoms with E-state index in [0.29, 0.717) is 10.1 Å². The summed E-state index contributed by atoms with van der Waals surface area (Å²) >= 11 is 11.5. The van der Waals surface area contributed by atoms with Crippen molar-refractivity contribution < 1.29 is 0 Å². The number of nitrogens with one attached hydrogen (secondary N) is 2. The molecule has 0 amide bonds. The van der Waals surface area contributed by atoms with E-state index >= 15 is 0 Å². The SMILES string of the molecule is CCCN1CCCc2cc(/C=N/NC(=S)Nc3ccc(C)cc3Cl)ccc21. The zero-order chi connectivity index (χ0) is 19.2. The van der Waals surface area contributed by atoms with Gasteiger partial charge in [-0.3, -0.25) is 5.43 Å². The van der Waals surface area contributed by atoms with Crippen LogP contribution in [0, 0.1) is 6.92 Å². The Morgan fingerprint density at radius 3 is 2.93 bits per heavy atom. The van der Waals surface area contributed by atoms with Crippen molar-refractivity contribution in [3.8, 4) is 0 Å². The molecule has 27 heavy (non-hydrogen) atoms. The minimum absolute atomic E-state index is 0.407. The molecule has 0 atom stereocenters. The number of halogens is 1. The zero-order valence-electron chi connectivity index (χ0n) is 15.8. The van der Waals surface area contributed by atoms with Crippen LogP contribution in [0.1, 0.15) is 36.5 Å². The number of anilines is 2. The van der Waals surface area contributed by atoms with Crippen molar-refractivity contribution in [2.24, 2.45) is 5.10 Å². The third-order valence-electron chi connectivity index (χ3n) is 4.56. The van der Waals surface area contributed by atoms with Crippen LogP contribution in [0.2, 0.25) is 5.02 Å². The van der Waals surface area contributed by atoms with E-state index in [-0.39, 0.29) is 0 Å². The number of rotatable bonds is 5. The van der Waals surface area contributed by atoms with E-state index < -0.39 is 0 Å². The molecule has 1 heterocycles. The molecule has 0 spiro atoms. The van der Waals surface area contributed by atoms with Gasteiger partial charge in [0, 0.05) is 18.8 Å². The normalized spacial score (nSPS) is 13.5. The Labute approximate surface area is 171 Å². The van der Waals surface area contributed by atoms with E-state index in [1.807, 2.05) is 25.1 Å². The van der Waals surface area contributed by atoms with Crippen LogP contribution in [0.4, 0.5) is 11.4 Å². The number of hydrazone groups is 1. The predicted octanol–water partition coefficient (Wildman–Crippen LogP) is 5.13. The molecule has 142 valence electrons. The first-order valence-corrected chi connectivity index (χ1v) is 10.1. The van der Waals surface area contributed by atoms with Crippen molar-refractivity contribution in [2.75, 3.05) is 23.3 Å². The lowest BCUT2D eigenvalue weighted by atomic mass is 9.99. The molecule has 2 aromatic carbocycles. The van der Waals surface area contributed by atoms with Crippen molar-refractivity contribution in [3.05, 3.63) is 58.1 Å². The number of thiocarbonyl (C=S) groups is 1. The van der Waals surface area contributed by atoms with Gasteiger partial charge in [0.2, 0.25) is 0 Å². The summed E-state index contributed by atoms with van der Waals surface area (Å²) < 4.78 is 0. The van der Waals surface area contributed by atoms with Crippen LogP contribution >= 0.6 is 23.8 Å². The maximum absolute atomic E-state index is 6.21. The van der Waals surface area contributed by atoms with Gasteiger partial charge in [-0.2, -0.15) is 5.10 Å². The minimum atomic E-state index is 0.407. The number of hydrogen-bond acceptors (Lipinski definition) is 3. The van der Waals surface area contributed by atoms with Gasteiger partial charge in [0.15, 0.2) is 5.11 Å². The molecular weight excluding hydrogens is 376 g/mol. The van der Waals surface area contributed by atoms with Crippen LogP contribution in [0.25, 0.3) is 0 Å². The van der Waals surface area contributed by atoms with Crippen LogP contribution in [-0.2, 0) is 6.42 Å². The number of benzene rings is 2. The van der Waals surface area contributed by atoms with Gasteiger partial charge < -0.3 is 10.2 Å². The van der Waals surface area contributed by atoms with Gasteiger partial charge in [-0.15, -0.1) is 0 Å². The fourth-order valence-corrected chi connectivity index (χ4v) is 3.76. The van der Waals surface area contributed by atoms with E-state index in [1.165, 1.54) is 24.1 Å². The van der Waals surface area contributed by atoms with Gasteiger partial charge in [0.05, 0.1) is 16.9 Å². The Morgan fingerprint density at radius 1 is 1.30 bits per heavy atom. The Hall–Kier alpha value is -2.11. The van der Waals surface area contributed by atoms with E-state index in [4.69, 9.17) is 23.8 Å². The number of fused-ring (bicyclic) bond motifs is 1. The average Bonchev–Trinajstić information content (AvgIpc) is 2.64. The van der Waals surface area contributed by atoms with Crippen molar-refractivity contribution in [1.82, 2.24) is 5.43 Å². The van der Waals surface area contributed by atoms with Gasteiger partial charge in [-0.05, 0) is 79.4 Å². The first-order chi connectivity index (χ1) is 13.1. The van der Waals surface area contributed by atoms with E-state index in [0.717, 1.165) is 36.3 Å². The monoisotopic (exact) mass is 400 g/mol. The lowest BCUT2D eigenvalue weighted by Gasteiger charge is -2.31. The Morgan fingerprint density at radius 2 is 2.15 bits per heavy atom. The number of aryl methyl sites for hydroxylation is 2. The summed E-state index contributed by atoms with van der Waals surface area (Å²) in [5, 5.41) is 8.36. The Bertz CT molecular complexity index is 850. The summed E-state index contributed by atoms with van der Waals surface area (Å²) in [4.78, 5) is 2.47. The maximum Gasteiger partial charge on any atom is 0.191 e. The highest BCUT2D eigenvalue weighted by Crippen LogP contribution is 2.27. The van der Waals surface area contributed by atoms with E-state index in [9.17, 15) is 0 Å². The summed E-state index contributed by atoms with van der Waals surface area (Å²) in [6.45, 7) is 6.49. The molecular formula is C21H25ClN4S. The first-order valence-electron chi connectivity index (χ1n) is 9.31. The molecule has 0 bridgehead atoms. The molecule has 0 aromatic heterocycles. The number of hydrogen-bond donors (Lipinski definition) is 2. The Balaban J connectivity index is 1.60. The smallest absolute Gasteiger partial charge is 0.191 e. The zero-order valence-corrected chi connectivity index (χ0v) is 17.3. The van der Waals surface area contributed by atoms with Crippen LogP contribution in [0.15, 0.2) is 41.5 Å². The molecule has 1 aliphatic rings. The average molecular weight is 401 g/mol. The van der Waals surface area contributed by atoms with Crippen LogP contribution in [0.3, 0.4) is 0 Å². The molecule has 3 rings (SSSR count).